The molecule has 0 aliphatic rings. The van der Waals surface area contributed by atoms with Gasteiger partial charge in [0.1, 0.15) is 12.4 Å². The van der Waals surface area contributed by atoms with Crippen molar-refractivity contribution in [1.82, 2.24) is 24.7 Å². The first-order valence-electron chi connectivity index (χ1n) is 4.91. The Morgan fingerprint density at radius 2 is 1.94 bits per heavy atom. The average molecular weight is 222 g/mol. The molecule has 0 spiro atoms. The number of fused-ring (bicyclic) bond motifs is 1. The molecule has 0 radical (unpaired) electrons. The van der Waals surface area contributed by atoms with Gasteiger partial charge in [0.15, 0.2) is 5.82 Å². The second-order valence-electron chi connectivity index (χ2n) is 3.34. The number of hydrogen-bond acceptors (Lipinski definition) is 5. The summed E-state index contributed by atoms with van der Waals surface area (Å²) in [5.41, 5.74) is 1.59. The fourth-order valence-corrected chi connectivity index (χ4v) is 1.48. The standard InChI is InChI=1S/C11H6N6/c12-5-10-14-7-17(16-10)11-6-13-8-3-1-2-4-9(8)15-11/h1-4,6-7H. The van der Waals surface area contributed by atoms with Gasteiger partial charge in [0, 0.05) is 0 Å². The summed E-state index contributed by atoms with van der Waals surface area (Å²) < 4.78 is 1.43. The molecule has 0 aliphatic heterocycles. The number of nitriles is 1. The second-order valence-corrected chi connectivity index (χ2v) is 3.34. The molecule has 0 aliphatic carbocycles. The van der Waals surface area contributed by atoms with E-state index >= 15 is 0 Å². The summed E-state index contributed by atoms with van der Waals surface area (Å²) in [5, 5.41) is 12.6. The van der Waals surface area contributed by atoms with Crippen LogP contribution in [-0.2, 0) is 0 Å². The van der Waals surface area contributed by atoms with Crippen molar-refractivity contribution in [2.75, 3.05) is 0 Å². The smallest absolute Gasteiger partial charge is 0.251 e. The number of nitrogens with zero attached hydrogens (tertiary/aromatic N) is 6. The normalized spacial score (nSPS) is 10.3. The molecule has 0 saturated heterocycles. The van der Waals surface area contributed by atoms with Crippen LogP contribution < -0.4 is 0 Å². The first-order valence-corrected chi connectivity index (χ1v) is 4.91. The predicted molar refractivity (Wildman–Crippen MR) is 59.2 cm³/mol. The first-order chi connectivity index (χ1) is 8.36. The third-order valence-electron chi connectivity index (χ3n) is 2.26. The van der Waals surface area contributed by atoms with Gasteiger partial charge in [-0.15, -0.1) is 5.10 Å². The zero-order valence-corrected chi connectivity index (χ0v) is 8.65. The quantitative estimate of drug-likeness (QED) is 0.615. The maximum Gasteiger partial charge on any atom is 0.252 e. The lowest BCUT2D eigenvalue weighted by atomic mass is 10.3. The maximum atomic E-state index is 8.65. The van der Waals surface area contributed by atoms with Gasteiger partial charge in [-0.2, -0.15) is 9.94 Å². The van der Waals surface area contributed by atoms with E-state index < -0.39 is 0 Å². The highest BCUT2D eigenvalue weighted by atomic mass is 15.4. The van der Waals surface area contributed by atoms with Gasteiger partial charge < -0.3 is 0 Å². The van der Waals surface area contributed by atoms with E-state index in [9.17, 15) is 0 Å². The lowest BCUT2D eigenvalue weighted by Gasteiger charge is -2.00. The van der Waals surface area contributed by atoms with Crippen LogP contribution in [0.4, 0.5) is 0 Å². The Balaban J connectivity index is 2.15. The minimum Gasteiger partial charge on any atom is -0.251 e. The SMILES string of the molecule is N#Cc1ncn(-c2cnc3ccccc3n2)n1. The van der Waals surface area contributed by atoms with Crippen LogP contribution >= 0.6 is 0 Å². The highest BCUT2D eigenvalue weighted by molar-refractivity contribution is 5.74. The van der Waals surface area contributed by atoms with Crippen molar-refractivity contribution < 1.29 is 0 Å². The molecular weight excluding hydrogens is 216 g/mol. The molecule has 1 aromatic carbocycles. The van der Waals surface area contributed by atoms with Crippen molar-refractivity contribution in [3.05, 3.63) is 42.6 Å². The summed E-state index contributed by atoms with van der Waals surface area (Å²) in [6.07, 6.45) is 3.04. The van der Waals surface area contributed by atoms with Crippen LogP contribution in [0, 0.1) is 11.3 Å². The van der Waals surface area contributed by atoms with E-state index in [0.29, 0.717) is 5.82 Å². The fourth-order valence-electron chi connectivity index (χ4n) is 1.48. The highest BCUT2D eigenvalue weighted by Gasteiger charge is 2.04. The molecule has 0 fully saturated rings. The average Bonchev–Trinajstić information content (AvgIpc) is 2.87. The second kappa shape index (κ2) is 3.64. The Bertz CT molecular complexity index is 724. The van der Waals surface area contributed by atoms with Crippen LogP contribution in [0.3, 0.4) is 0 Å². The minimum atomic E-state index is 0.111. The zero-order valence-electron chi connectivity index (χ0n) is 8.65. The van der Waals surface area contributed by atoms with Crippen LogP contribution in [0.25, 0.3) is 16.9 Å². The van der Waals surface area contributed by atoms with Gasteiger partial charge in [-0.25, -0.2) is 9.97 Å². The van der Waals surface area contributed by atoms with Crippen LogP contribution in [0.5, 0.6) is 0 Å². The molecule has 0 N–H and O–H groups in total. The Labute approximate surface area is 96.2 Å². The summed E-state index contributed by atoms with van der Waals surface area (Å²) in [7, 11) is 0. The van der Waals surface area contributed by atoms with Crippen molar-refractivity contribution in [1.29, 1.82) is 5.26 Å². The largest absolute Gasteiger partial charge is 0.252 e. The summed E-state index contributed by atoms with van der Waals surface area (Å²) >= 11 is 0. The molecule has 2 aromatic heterocycles. The Hall–Kier alpha value is -2.81. The van der Waals surface area contributed by atoms with Crippen molar-refractivity contribution in [2.45, 2.75) is 0 Å². The Morgan fingerprint density at radius 3 is 2.71 bits per heavy atom. The summed E-state index contributed by atoms with van der Waals surface area (Å²) in [5.74, 6) is 0.651. The van der Waals surface area contributed by atoms with Gasteiger partial charge in [0.2, 0.25) is 0 Å². The topological polar surface area (TPSA) is 80.3 Å². The molecule has 0 amide bonds. The van der Waals surface area contributed by atoms with E-state index in [1.54, 1.807) is 6.20 Å². The van der Waals surface area contributed by atoms with Crippen LogP contribution in [0.15, 0.2) is 36.8 Å². The molecule has 0 saturated carbocycles. The van der Waals surface area contributed by atoms with E-state index in [-0.39, 0.29) is 5.82 Å². The maximum absolute atomic E-state index is 8.65. The summed E-state index contributed by atoms with van der Waals surface area (Å²) in [6, 6.07) is 9.41. The molecular formula is C11H6N6. The molecule has 3 aromatic rings. The third kappa shape index (κ3) is 1.59. The summed E-state index contributed by atoms with van der Waals surface area (Å²) in [6.45, 7) is 0. The van der Waals surface area contributed by atoms with Gasteiger partial charge in [-0.05, 0) is 12.1 Å². The molecule has 6 heteroatoms. The zero-order chi connectivity index (χ0) is 11.7. The Morgan fingerprint density at radius 1 is 1.12 bits per heavy atom. The van der Waals surface area contributed by atoms with Gasteiger partial charge in [-0.1, -0.05) is 12.1 Å². The number of benzene rings is 1. The number of aromatic nitrogens is 5. The van der Waals surface area contributed by atoms with Crippen molar-refractivity contribution >= 4 is 11.0 Å². The molecule has 3 rings (SSSR count). The molecule has 17 heavy (non-hydrogen) atoms. The van der Waals surface area contributed by atoms with Crippen LogP contribution in [0.1, 0.15) is 5.82 Å². The number of para-hydroxylation sites is 2. The van der Waals surface area contributed by atoms with Crippen molar-refractivity contribution in [3.63, 3.8) is 0 Å². The molecule has 0 atom stereocenters. The van der Waals surface area contributed by atoms with Crippen LogP contribution in [0.2, 0.25) is 0 Å². The van der Waals surface area contributed by atoms with E-state index in [1.807, 2.05) is 30.3 Å². The lowest BCUT2D eigenvalue weighted by Crippen LogP contribution is -1.99. The van der Waals surface area contributed by atoms with E-state index in [2.05, 4.69) is 20.1 Å². The molecule has 2 heterocycles. The van der Waals surface area contributed by atoms with Gasteiger partial charge >= 0.3 is 0 Å². The fraction of sp³-hybridized carbons (Fsp3) is 0. The van der Waals surface area contributed by atoms with E-state index in [1.165, 1.54) is 11.0 Å². The molecule has 80 valence electrons. The van der Waals surface area contributed by atoms with E-state index in [0.717, 1.165) is 11.0 Å². The Kier molecular flexibility index (Phi) is 2.02. The lowest BCUT2D eigenvalue weighted by molar-refractivity contribution is 0.839. The van der Waals surface area contributed by atoms with Gasteiger partial charge in [0.25, 0.3) is 5.82 Å². The van der Waals surface area contributed by atoms with Crippen molar-refractivity contribution in [3.8, 4) is 11.9 Å². The van der Waals surface area contributed by atoms with Crippen molar-refractivity contribution in [2.24, 2.45) is 0 Å². The molecule has 0 unspecified atom stereocenters. The molecule has 6 nitrogen and oxygen atoms in total. The number of hydrogen-bond donors (Lipinski definition) is 0. The van der Waals surface area contributed by atoms with E-state index in [4.69, 9.17) is 5.26 Å². The van der Waals surface area contributed by atoms with Crippen LogP contribution in [-0.4, -0.2) is 24.7 Å². The summed E-state index contributed by atoms with van der Waals surface area (Å²) in [4.78, 5) is 12.5. The first kappa shape index (κ1) is 9.42. The molecule has 0 bridgehead atoms. The van der Waals surface area contributed by atoms with Gasteiger partial charge in [0.05, 0.1) is 17.2 Å². The monoisotopic (exact) mass is 222 g/mol. The minimum absolute atomic E-state index is 0.111. The third-order valence-corrected chi connectivity index (χ3v) is 2.26. The number of rotatable bonds is 1. The van der Waals surface area contributed by atoms with Gasteiger partial charge in [-0.3, -0.25) is 4.98 Å². The highest BCUT2D eigenvalue weighted by Crippen LogP contribution is 2.10. The predicted octanol–water partition coefficient (Wildman–Crippen LogP) is 1.08.